The van der Waals surface area contributed by atoms with Crippen molar-refractivity contribution in [2.45, 2.75) is 6.92 Å². The third-order valence-electron chi connectivity index (χ3n) is 3.95. The van der Waals surface area contributed by atoms with Crippen LogP contribution < -0.4 is 10.1 Å². The molecule has 0 saturated carbocycles. The van der Waals surface area contributed by atoms with Crippen molar-refractivity contribution >= 4 is 40.7 Å². The molecule has 27 heavy (non-hydrogen) atoms. The smallest absolute Gasteiger partial charge is 0.253 e. The number of pyridine rings is 1. The molecule has 0 radical (unpaired) electrons. The van der Waals surface area contributed by atoms with Crippen LogP contribution in [0.25, 0.3) is 11.1 Å². The lowest BCUT2D eigenvalue weighted by Crippen LogP contribution is -2.19. The van der Waals surface area contributed by atoms with Gasteiger partial charge in [-0.25, -0.2) is 4.98 Å². The number of carbonyl (C=O) groups excluding carboxylic acids is 1. The Balaban J connectivity index is 1.94. The Morgan fingerprint density at radius 3 is 2.48 bits per heavy atom. The number of ether oxygens (including phenoxy) is 1. The molecule has 1 aromatic heterocycles. The zero-order chi connectivity index (χ0) is 19.6. The van der Waals surface area contributed by atoms with E-state index < -0.39 is 0 Å². The number of nitrogens with one attached hydrogen (secondary N) is 1. The van der Waals surface area contributed by atoms with Gasteiger partial charge in [0.2, 0.25) is 5.88 Å². The van der Waals surface area contributed by atoms with Crippen molar-refractivity contribution in [1.29, 1.82) is 0 Å². The van der Waals surface area contributed by atoms with Crippen LogP contribution in [0.2, 0.25) is 15.1 Å². The fourth-order valence-corrected chi connectivity index (χ4v) is 3.21. The highest BCUT2D eigenvalue weighted by Gasteiger charge is 2.18. The van der Waals surface area contributed by atoms with E-state index in [1.54, 1.807) is 42.6 Å². The minimum Gasteiger partial charge on any atom is -0.439 e. The molecule has 0 bridgehead atoms. The van der Waals surface area contributed by atoms with Crippen molar-refractivity contribution in [2.75, 3.05) is 7.05 Å². The summed E-state index contributed by atoms with van der Waals surface area (Å²) in [6, 6.07) is 12.3. The number of hydrogen-bond acceptors (Lipinski definition) is 3. The Kier molecular flexibility index (Phi) is 5.90. The van der Waals surface area contributed by atoms with Crippen LogP contribution in [0.15, 0.2) is 48.7 Å². The molecule has 2 aromatic carbocycles. The van der Waals surface area contributed by atoms with Crippen molar-refractivity contribution < 1.29 is 9.53 Å². The lowest BCUT2D eigenvalue weighted by atomic mass is 10.0. The Morgan fingerprint density at radius 2 is 1.85 bits per heavy atom. The van der Waals surface area contributed by atoms with Gasteiger partial charge in [0, 0.05) is 29.9 Å². The molecule has 1 amide bonds. The maximum atomic E-state index is 12.2. The van der Waals surface area contributed by atoms with E-state index in [9.17, 15) is 4.79 Å². The number of hydrogen-bond donors (Lipinski definition) is 1. The molecule has 138 valence electrons. The molecular formula is C20H15Cl3N2O2. The largest absolute Gasteiger partial charge is 0.439 e. The second-order valence-electron chi connectivity index (χ2n) is 5.76. The number of benzene rings is 2. The van der Waals surface area contributed by atoms with Gasteiger partial charge in [0.05, 0.1) is 15.6 Å². The van der Waals surface area contributed by atoms with Gasteiger partial charge >= 0.3 is 0 Å². The van der Waals surface area contributed by atoms with Crippen LogP contribution in [0.5, 0.6) is 11.6 Å². The molecule has 0 fully saturated rings. The van der Waals surface area contributed by atoms with Gasteiger partial charge in [-0.05, 0) is 48.4 Å². The van der Waals surface area contributed by atoms with E-state index >= 15 is 0 Å². The Bertz CT molecular complexity index is 1000. The summed E-state index contributed by atoms with van der Waals surface area (Å²) in [5.41, 5.74) is 2.55. The number of aryl methyl sites for hydroxylation is 1. The first-order valence-electron chi connectivity index (χ1n) is 8.01. The van der Waals surface area contributed by atoms with Crippen molar-refractivity contribution in [3.05, 3.63) is 74.9 Å². The molecule has 0 unspecified atom stereocenters. The number of nitrogens with zero attached hydrogens (tertiary/aromatic N) is 1. The fourth-order valence-electron chi connectivity index (χ4n) is 2.58. The van der Waals surface area contributed by atoms with Crippen LogP contribution in [0, 0.1) is 6.92 Å². The van der Waals surface area contributed by atoms with Crippen LogP contribution in [0.1, 0.15) is 15.9 Å². The van der Waals surface area contributed by atoms with Gasteiger partial charge < -0.3 is 10.1 Å². The molecule has 0 aliphatic rings. The van der Waals surface area contributed by atoms with Crippen LogP contribution in [-0.2, 0) is 0 Å². The van der Waals surface area contributed by atoms with Gasteiger partial charge in [-0.3, -0.25) is 4.79 Å². The predicted molar refractivity (Wildman–Crippen MR) is 109 cm³/mol. The first-order valence-corrected chi connectivity index (χ1v) is 9.14. The molecule has 1 N–H and O–H groups in total. The topological polar surface area (TPSA) is 51.2 Å². The summed E-state index contributed by atoms with van der Waals surface area (Å²) >= 11 is 18.3. The first-order chi connectivity index (χ1) is 12.9. The van der Waals surface area contributed by atoms with Gasteiger partial charge in [-0.2, -0.15) is 0 Å². The number of carbonyl (C=O) groups is 1. The second-order valence-corrected chi connectivity index (χ2v) is 6.98. The highest BCUT2D eigenvalue weighted by Crippen LogP contribution is 2.35. The number of amides is 1. The maximum absolute atomic E-state index is 12.2. The van der Waals surface area contributed by atoms with Gasteiger partial charge in [0.1, 0.15) is 5.75 Å². The van der Waals surface area contributed by atoms with Crippen LogP contribution in [0.3, 0.4) is 0 Å². The maximum Gasteiger partial charge on any atom is 0.253 e. The monoisotopic (exact) mass is 420 g/mol. The summed E-state index contributed by atoms with van der Waals surface area (Å²) in [7, 11) is 1.53. The van der Waals surface area contributed by atoms with Crippen LogP contribution in [0.4, 0.5) is 0 Å². The van der Waals surface area contributed by atoms with Gasteiger partial charge in [0.25, 0.3) is 5.91 Å². The van der Waals surface area contributed by atoms with Crippen LogP contribution >= 0.6 is 34.8 Å². The summed E-state index contributed by atoms with van der Waals surface area (Å²) in [6.07, 6.45) is 1.62. The SMILES string of the molecule is CNC(=O)c1c(-c2ccc(Oc3ccc(Cl)cc3C)nc2)ccc(Cl)c1Cl. The quantitative estimate of drug-likeness (QED) is 0.548. The van der Waals surface area contributed by atoms with E-state index in [2.05, 4.69) is 10.3 Å². The summed E-state index contributed by atoms with van der Waals surface area (Å²) in [5.74, 6) is 0.764. The number of halogens is 3. The van der Waals surface area contributed by atoms with Crippen molar-refractivity contribution in [1.82, 2.24) is 10.3 Å². The third-order valence-corrected chi connectivity index (χ3v) is 4.99. The zero-order valence-corrected chi connectivity index (χ0v) is 16.8. The highest BCUT2D eigenvalue weighted by atomic mass is 35.5. The average molecular weight is 422 g/mol. The molecule has 0 aliphatic heterocycles. The molecule has 7 heteroatoms. The zero-order valence-electron chi connectivity index (χ0n) is 14.5. The molecule has 0 aliphatic carbocycles. The van der Waals surface area contributed by atoms with Gasteiger partial charge in [0.15, 0.2) is 0 Å². The van der Waals surface area contributed by atoms with E-state index in [1.807, 2.05) is 13.0 Å². The summed E-state index contributed by atoms with van der Waals surface area (Å²) in [4.78, 5) is 16.6. The number of aromatic nitrogens is 1. The lowest BCUT2D eigenvalue weighted by Gasteiger charge is -2.12. The summed E-state index contributed by atoms with van der Waals surface area (Å²) in [6.45, 7) is 1.90. The van der Waals surface area contributed by atoms with E-state index in [0.29, 0.717) is 38.4 Å². The molecular weight excluding hydrogens is 407 g/mol. The Labute approximate surface area is 172 Å². The third kappa shape index (κ3) is 4.19. The van der Waals surface area contributed by atoms with E-state index in [-0.39, 0.29) is 10.9 Å². The summed E-state index contributed by atoms with van der Waals surface area (Å²) < 4.78 is 5.80. The van der Waals surface area contributed by atoms with Gasteiger partial charge in [-0.1, -0.05) is 40.9 Å². The fraction of sp³-hybridized carbons (Fsp3) is 0.100. The standard InChI is InChI=1S/C20H15Cl3N2O2/c1-11-9-13(21)4-7-16(11)27-17-8-3-12(10-25-17)14-5-6-15(22)19(23)18(14)20(26)24-2/h3-10H,1-2H3,(H,24,26). The molecule has 0 spiro atoms. The number of rotatable bonds is 4. The molecule has 0 atom stereocenters. The minimum atomic E-state index is -0.324. The molecule has 1 heterocycles. The van der Waals surface area contributed by atoms with Crippen molar-refractivity contribution in [3.63, 3.8) is 0 Å². The van der Waals surface area contributed by atoms with Crippen LogP contribution in [-0.4, -0.2) is 17.9 Å². The Morgan fingerprint density at radius 1 is 1.07 bits per heavy atom. The predicted octanol–water partition coefficient (Wildman–Crippen LogP) is 6.17. The summed E-state index contributed by atoms with van der Waals surface area (Å²) in [5, 5.41) is 3.73. The highest BCUT2D eigenvalue weighted by molar-refractivity contribution is 6.44. The molecule has 4 nitrogen and oxygen atoms in total. The first kappa shape index (κ1) is 19.5. The lowest BCUT2D eigenvalue weighted by molar-refractivity contribution is 0.0964. The normalized spacial score (nSPS) is 10.6. The average Bonchev–Trinajstić information content (AvgIpc) is 2.66. The van der Waals surface area contributed by atoms with E-state index in [4.69, 9.17) is 39.5 Å². The van der Waals surface area contributed by atoms with Crippen molar-refractivity contribution in [3.8, 4) is 22.8 Å². The second kappa shape index (κ2) is 8.17. The van der Waals surface area contributed by atoms with E-state index in [1.165, 1.54) is 7.05 Å². The molecule has 0 saturated heterocycles. The molecule has 3 aromatic rings. The van der Waals surface area contributed by atoms with Gasteiger partial charge in [-0.15, -0.1) is 0 Å². The van der Waals surface area contributed by atoms with E-state index in [0.717, 1.165) is 5.56 Å². The Hall–Kier alpha value is -2.27. The van der Waals surface area contributed by atoms with Crippen molar-refractivity contribution in [2.24, 2.45) is 0 Å². The molecule has 3 rings (SSSR count). The minimum absolute atomic E-state index is 0.200.